The lowest BCUT2D eigenvalue weighted by Gasteiger charge is -2.27. The Morgan fingerprint density at radius 1 is 0.947 bits per heavy atom. The van der Waals surface area contributed by atoms with Gasteiger partial charge in [0.05, 0.1) is 24.1 Å². The Morgan fingerprint density at radius 2 is 1.53 bits per heavy atom. The maximum Gasteiger partial charge on any atom is 0.0994 e. The molecule has 0 saturated carbocycles. The maximum atomic E-state index is 9.43. The summed E-state index contributed by atoms with van der Waals surface area (Å²) in [5.74, 6) is 0. The van der Waals surface area contributed by atoms with Gasteiger partial charge in [-0.3, -0.25) is 0 Å². The molecule has 0 aliphatic carbocycles. The summed E-state index contributed by atoms with van der Waals surface area (Å²) in [5.41, 5.74) is 3.65. The lowest BCUT2D eigenvalue weighted by atomic mass is 9.76. The number of nitrogens with zero attached hydrogens (tertiary/aromatic N) is 2. The molecule has 0 bridgehead atoms. The molecule has 0 aliphatic rings. The van der Waals surface area contributed by atoms with Crippen LogP contribution in [-0.2, 0) is 17.3 Å². The fourth-order valence-electron chi connectivity index (χ4n) is 2.33. The van der Waals surface area contributed by atoms with Crippen LogP contribution in [-0.4, -0.2) is 0 Å². The first-order valence-corrected chi connectivity index (χ1v) is 6.56. The van der Waals surface area contributed by atoms with Crippen LogP contribution in [0.25, 0.3) is 0 Å². The molecule has 0 saturated heterocycles. The Bertz CT molecular complexity index is 555. The summed E-state index contributed by atoms with van der Waals surface area (Å²) in [4.78, 5) is 0. The lowest BCUT2D eigenvalue weighted by Crippen LogP contribution is -2.19. The molecule has 1 rings (SSSR count). The third kappa shape index (κ3) is 3.36. The monoisotopic (exact) mass is 254 g/mol. The molecule has 0 N–H and O–H groups in total. The molecule has 0 aliphatic heterocycles. The highest BCUT2D eigenvalue weighted by Crippen LogP contribution is 2.34. The molecule has 2 nitrogen and oxygen atoms in total. The largest absolute Gasteiger partial charge is 0.198 e. The number of benzene rings is 1. The van der Waals surface area contributed by atoms with Crippen molar-refractivity contribution in [2.75, 3.05) is 0 Å². The molecule has 0 radical (unpaired) electrons. The summed E-state index contributed by atoms with van der Waals surface area (Å²) in [7, 11) is 0. The van der Waals surface area contributed by atoms with Crippen LogP contribution >= 0.6 is 0 Å². The van der Waals surface area contributed by atoms with Gasteiger partial charge in [-0.05, 0) is 33.6 Å². The van der Waals surface area contributed by atoms with Crippen LogP contribution in [0.4, 0.5) is 0 Å². The normalized spacial score (nSPS) is 11.8. The number of rotatable bonds is 1. The van der Waals surface area contributed by atoms with Crippen molar-refractivity contribution in [3.05, 3.63) is 34.4 Å². The average molecular weight is 254 g/mol. The fourth-order valence-corrected chi connectivity index (χ4v) is 2.33. The van der Waals surface area contributed by atoms with Gasteiger partial charge in [0.1, 0.15) is 0 Å². The Balaban J connectivity index is 3.66. The predicted octanol–water partition coefficient (Wildman–Crippen LogP) is 4.22. The van der Waals surface area contributed by atoms with E-state index in [1.54, 1.807) is 0 Å². The highest BCUT2D eigenvalue weighted by atomic mass is 14.3. The van der Waals surface area contributed by atoms with E-state index in [9.17, 15) is 5.26 Å². The second-order valence-corrected chi connectivity index (χ2v) is 7.00. The minimum absolute atomic E-state index is 0.0216. The van der Waals surface area contributed by atoms with Crippen LogP contribution in [0.15, 0.2) is 12.1 Å². The van der Waals surface area contributed by atoms with Crippen LogP contribution in [0, 0.1) is 22.7 Å². The average Bonchev–Trinajstić information content (AvgIpc) is 2.25. The van der Waals surface area contributed by atoms with Crippen molar-refractivity contribution < 1.29 is 0 Å². The topological polar surface area (TPSA) is 47.6 Å². The van der Waals surface area contributed by atoms with Crippen LogP contribution < -0.4 is 0 Å². The minimum Gasteiger partial charge on any atom is -0.198 e. The second-order valence-electron chi connectivity index (χ2n) is 7.00. The van der Waals surface area contributed by atoms with Crippen molar-refractivity contribution in [1.82, 2.24) is 0 Å². The summed E-state index contributed by atoms with van der Waals surface area (Å²) in [6.45, 7) is 12.6. The summed E-state index contributed by atoms with van der Waals surface area (Å²) in [5, 5.41) is 18.5. The molecule has 100 valence electrons. The second kappa shape index (κ2) is 5.06. The van der Waals surface area contributed by atoms with Crippen molar-refractivity contribution in [3.8, 4) is 12.1 Å². The third-order valence-electron chi connectivity index (χ3n) is 3.23. The summed E-state index contributed by atoms with van der Waals surface area (Å²) in [6.07, 6.45) is 0.352. The van der Waals surface area contributed by atoms with E-state index in [-0.39, 0.29) is 10.8 Å². The van der Waals surface area contributed by atoms with Gasteiger partial charge >= 0.3 is 0 Å². The van der Waals surface area contributed by atoms with Crippen LogP contribution in [0.3, 0.4) is 0 Å². The van der Waals surface area contributed by atoms with Gasteiger partial charge in [-0.2, -0.15) is 10.5 Å². The van der Waals surface area contributed by atoms with E-state index in [0.29, 0.717) is 12.0 Å². The van der Waals surface area contributed by atoms with Crippen molar-refractivity contribution in [3.63, 3.8) is 0 Å². The summed E-state index contributed by atoms with van der Waals surface area (Å²) >= 11 is 0. The first kappa shape index (κ1) is 15.3. The molecule has 0 atom stereocenters. The van der Waals surface area contributed by atoms with Crippen molar-refractivity contribution in [1.29, 1.82) is 10.5 Å². The van der Waals surface area contributed by atoms with Crippen LogP contribution in [0.5, 0.6) is 0 Å². The Hall–Kier alpha value is -1.80. The molecular weight excluding hydrogens is 232 g/mol. The standard InChI is InChI=1S/C17H22N2/c1-16(2,3)14-9-12(7-8-18)15(17(4,5)6)13(10-14)11-19/h9-10H,7H2,1-6H3. The zero-order valence-corrected chi connectivity index (χ0v) is 12.8. The van der Waals surface area contributed by atoms with Gasteiger partial charge in [0.25, 0.3) is 0 Å². The van der Waals surface area contributed by atoms with E-state index in [1.807, 2.05) is 6.07 Å². The Labute approximate surface area is 116 Å². The molecule has 0 aromatic heterocycles. The van der Waals surface area contributed by atoms with Crippen molar-refractivity contribution >= 4 is 0 Å². The quantitative estimate of drug-likeness (QED) is 0.753. The van der Waals surface area contributed by atoms with E-state index >= 15 is 0 Å². The highest BCUT2D eigenvalue weighted by Gasteiger charge is 2.25. The smallest absolute Gasteiger partial charge is 0.0994 e. The molecule has 2 heteroatoms. The van der Waals surface area contributed by atoms with Crippen molar-refractivity contribution in [2.24, 2.45) is 0 Å². The molecule has 1 aromatic carbocycles. The maximum absolute atomic E-state index is 9.43. The van der Waals surface area contributed by atoms with Gasteiger partial charge in [0, 0.05) is 0 Å². The van der Waals surface area contributed by atoms with Crippen LogP contribution in [0.2, 0.25) is 0 Å². The van der Waals surface area contributed by atoms with Gasteiger partial charge in [-0.25, -0.2) is 0 Å². The van der Waals surface area contributed by atoms with E-state index in [4.69, 9.17) is 5.26 Å². The minimum atomic E-state index is -0.131. The number of hydrogen-bond acceptors (Lipinski definition) is 2. The van der Waals surface area contributed by atoms with Crippen molar-refractivity contribution in [2.45, 2.75) is 58.8 Å². The van der Waals surface area contributed by atoms with Gasteiger partial charge in [-0.1, -0.05) is 47.6 Å². The highest BCUT2D eigenvalue weighted by molar-refractivity contribution is 5.51. The Kier molecular flexibility index (Phi) is 4.06. The molecule has 0 amide bonds. The SMILES string of the molecule is CC(C)(C)c1cc(C#N)c(C(C)(C)C)c(CC#N)c1. The van der Waals surface area contributed by atoms with Gasteiger partial charge < -0.3 is 0 Å². The van der Waals surface area contributed by atoms with Gasteiger partial charge in [-0.15, -0.1) is 0 Å². The lowest BCUT2D eigenvalue weighted by molar-refractivity contribution is 0.570. The predicted molar refractivity (Wildman–Crippen MR) is 77.9 cm³/mol. The van der Waals surface area contributed by atoms with Gasteiger partial charge in [0.15, 0.2) is 0 Å². The van der Waals surface area contributed by atoms with E-state index in [1.165, 1.54) is 0 Å². The molecule has 0 fully saturated rings. The zero-order valence-electron chi connectivity index (χ0n) is 12.8. The van der Waals surface area contributed by atoms with Crippen LogP contribution in [0.1, 0.15) is 63.8 Å². The van der Waals surface area contributed by atoms with Gasteiger partial charge in [0.2, 0.25) is 0 Å². The molecule has 1 aromatic rings. The first-order valence-electron chi connectivity index (χ1n) is 6.56. The van der Waals surface area contributed by atoms with E-state index in [0.717, 1.165) is 16.7 Å². The number of nitriles is 2. The molecule has 0 spiro atoms. The molecular formula is C17H22N2. The number of hydrogen-bond donors (Lipinski definition) is 0. The first-order chi connectivity index (χ1) is 8.61. The summed E-state index contributed by atoms with van der Waals surface area (Å²) in [6, 6.07) is 8.58. The zero-order chi connectivity index (χ0) is 14.8. The van der Waals surface area contributed by atoms with E-state index < -0.39 is 0 Å². The third-order valence-corrected chi connectivity index (χ3v) is 3.23. The fraction of sp³-hybridized carbons (Fsp3) is 0.529. The molecule has 0 heterocycles. The molecule has 0 unspecified atom stereocenters. The summed E-state index contributed by atoms with van der Waals surface area (Å²) < 4.78 is 0. The van der Waals surface area contributed by atoms with E-state index in [2.05, 4.69) is 59.7 Å². The Morgan fingerprint density at radius 3 is 1.89 bits per heavy atom. The molecule has 19 heavy (non-hydrogen) atoms.